The Morgan fingerprint density at radius 1 is 0.913 bits per heavy atom. The molecule has 0 spiro atoms. The molecular formula is C20H22N2O. The van der Waals surface area contributed by atoms with Crippen molar-refractivity contribution in [1.82, 2.24) is 9.78 Å². The van der Waals surface area contributed by atoms with E-state index in [0.29, 0.717) is 0 Å². The molecule has 23 heavy (non-hydrogen) atoms. The van der Waals surface area contributed by atoms with Crippen molar-refractivity contribution in [2.24, 2.45) is 0 Å². The topological polar surface area (TPSA) is 38.0 Å². The summed E-state index contributed by atoms with van der Waals surface area (Å²) >= 11 is 0. The Labute approximate surface area is 137 Å². The SMILES string of the molecule is Cc1ccccc1-n1nc(-c2ccccc2)c(C(C)(C)C)c1O. The Morgan fingerprint density at radius 2 is 1.52 bits per heavy atom. The summed E-state index contributed by atoms with van der Waals surface area (Å²) in [5, 5.41) is 15.6. The van der Waals surface area contributed by atoms with Crippen molar-refractivity contribution in [3.05, 3.63) is 65.7 Å². The van der Waals surface area contributed by atoms with Crippen molar-refractivity contribution in [3.63, 3.8) is 0 Å². The lowest BCUT2D eigenvalue weighted by Gasteiger charge is -2.19. The van der Waals surface area contributed by atoms with Gasteiger partial charge in [-0.05, 0) is 24.0 Å². The fraction of sp³-hybridized carbons (Fsp3) is 0.250. The van der Waals surface area contributed by atoms with Crippen molar-refractivity contribution < 1.29 is 5.11 Å². The van der Waals surface area contributed by atoms with Crippen molar-refractivity contribution in [1.29, 1.82) is 0 Å². The maximum absolute atomic E-state index is 10.9. The maximum Gasteiger partial charge on any atom is 0.218 e. The van der Waals surface area contributed by atoms with E-state index in [1.807, 2.05) is 61.5 Å². The van der Waals surface area contributed by atoms with Gasteiger partial charge in [-0.25, -0.2) is 4.68 Å². The highest BCUT2D eigenvalue weighted by atomic mass is 16.3. The van der Waals surface area contributed by atoms with Gasteiger partial charge in [-0.2, -0.15) is 5.10 Å². The molecule has 1 heterocycles. The molecule has 2 aromatic carbocycles. The van der Waals surface area contributed by atoms with E-state index in [0.717, 1.165) is 28.1 Å². The minimum Gasteiger partial charge on any atom is -0.493 e. The standard InChI is InChI=1S/C20H22N2O/c1-14-10-8-9-13-16(14)22-19(23)17(20(2,3)4)18(21-22)15-11-6-5-7-12-15/h5-13,23H,1-4H3. The molecule has 0 amide bonds. The summed E-state index contributed by atoms with van der Waals surface area (Å²) in [5.74, 6) is 0.214. The van der Waals surface area contributed by atoms with Crippen LogP contribution in [0.3, 0.4) is 0 Å². The molecule has 0 saturated heterocycles. The van der Waals surface area contributed by atoms with Gasteiger partial charge in [0.05, 0.1) is 5.69 Å². The van der Waals surface area contributed by atoms with Crippen LogP contribution < -0.4 is 0 Å². The second kappa shape index (κ2) is 5.58. The third-order valence-electron chi connectivity index (χ3n) is 4.00. The minimum absolute atomic E-state index is 0.212. The molecule has 0 bridgehead atoms. The summed E-state index contributed by atoms with van der Waals surface area (Å²) in [4.78, 5) is 0. The molecule has 0 unspecified atom stereocenters. The number of hydrogen-bond acceptors (Lipinski definition) is 2. The van der Waals surface area contributed by atoms with Crippen LogP contribution >= 0.6 is 0 Å². The number of aryl methyl sites for hydroxylation is 1. The van der Waals surface area contributed by atoms with Crippen molar-refractivity contribution >= 4 is 0 Å². The van der Waals surface area contributed by atoms with Gasteiger partial charge in [-0.3, -0.25) is 0 Å². The molecule has 0 aliphatic heterocycles. The second-order valence-corrected chi connectivity index (χ2v) is 6.86. The van der Waals surface area contributed by atoms with Crippen LogP contribution in [-0.4, -0.2) is 14.9 Å². The van der Waals surface area contributed by atoms with Gasteiger partial charge in [0, 0.05) is 11.1 Å². The number of para-hydroxylation sites is 1. The number of benzene rings is 2. The van der Waals surface area contributed by atoms with E-state index in [2.05, 4.69) is 20.8 Å². The van der Waals surface area contributed by atoms with Gasteiger partial charge in [0.25, 0.3) is 0 Å². The molecule has 1 aromatic heterocycles. The Bertz CT molecular complexity index is 827. The van der Waals surface area contributed by atoms with Gasteiger partial charge in [-0.1, -0.05) is 69.3 Å². The molecule has 0 fully saturated rings. The van der Waals surface area contributed by atoms with Crippen LogP contribution in [0, 0.1) is 6.92 Å². The molecule has 0 aliphatic carbocycles. The highest BCUT2D eigenvalue weighted by Crippen LogP contribution is 2.40. The van der Waals surface area contributed by atoms with Gasteiger partial charge in [0.2, 0.25) is 5.88 Å². The lowest BCUT2D eigenvalue weighted by molar-refractivity contribution is 0.413. The molecule has 3 rings (SSSR count). The first-order chi connectivity index (χ1) is 10.9. The summed E-state index contributed by atoms with van der Waals surface area (Å²) in [6.07, 6.45) is 0. The molecule has 3 heteroatoms. The second-order valence-electron chi connectivity index (χ2n) is 6.86. The van der Waals surface area contributed by atoms with E-state index in [1.165, 1.54) is 0 Å². The number of rotatable bonds is 2. The van der Waals surface area contributed by atoms with Crippen LogP contribution in [-0.2, 0) is 5.41 Å². The van der Waals surface area contributed by atoms with Crippen LogP contribution in [0.25, 0.3) is 16.9 Å². The largest absolute Gasteiger partial charge is 0.493 e. The molecule has 0 saturated carbocycles. The molecule has 0 radical (unpaired) electrons. The average Bonchev–Trinajstić information content (AvgIpc) is 2.86. The zero-order chi connectivity index (χ0) is 16.6. The van der Waals surface area contributed by atoms with Gasteiger partial charge < -0.3 is 5.11 Å². The highest BCUT2D eigenvalue weighted by Gasteiger charge is 2.29. The first-order valence-corrected chi connectivity index (χ1v) is 7.83. The third kappa shape index (κ3) is 2.74. The normalized spacial score (nSPS) is 11.7. The molecule has 0 aliphatic rings. The molecule has 0 atom stereocenters. The molecule has 3 aromatic rings. The summed E-state index contributed by atoms with van der Waals surface area (Å²) in [6.45, 7) is 8.31. The monoisotopic (exact) mass is 306 g/mol. The molecule has 118 valence electrons. The highest BCUT2D eigenvalue weighted by molar-refractivity contribution is 5.68. The number of aromatic nitrogens is 2. The van der Waals surface area contributed by atoms with Crippen LogP contribution in [0.1, 0.15) is 31.9 Å². The predicted molar refractivity (Wildman–Crippen MR) is 94.1 cm³/mol. The predicted octanol–water partition coefficient (Wildman–Crippen LogP) is 4.85. The lowest BCUT2D eigenvalue weighted by atomic mass is 9.85. The minimum atomic E-state index is -0.212. The zero-order valence-electron chi connectivity index (χ0n) is 14.0. The van der Waals surface area contributed by atoms with Crippen LogP contribution in [0.5, 0.6) is 5.88 Å². The van der Waals surface area contributed by atoms with Gasteiger partial charge in [0.15, 0.2) is 0 Å². The average molecular weight is 306 g/mol. The number of hydrogen-bond donors (Lipinski definition) is 1. The van der Waals surface area contributed by atoms with Gasteiger partial charge >= 0.3 is 0 Å². The van der Waals surface area contributed by atoms with E-state index >= 15 is 0 Å². The van der Waals surface area contributed by atoms with Crippen molar-refractivity contribution in [3.8, 4) is 22.8 Å². The van der Waals surface area contributed by atoms with Gasteiger partial charge in [0.1, 0.15) is 5.69 Å². The van der Waals surface area contributed by atoms with Gasteiger partial charge in [-0.15, -0.1) is 0 Å². The molecule has 3 nitrogen and oxygen atoms in total. The zero-order valence-corrected chi connectivity index (χ0v) is 14.0. The first kappa shape index (κ1) is 15.3. The van der Waals surface area contributed by atoms with Crippen molar-refractivity contribution in [2.45, 2.75) is 33.1 Å². The van der Waals surface area contributed by atoms with E-state index < -0.39 is 0 Å². The van der Waals surface area contributed by atoms with Crippen LogP contribution in [0.2, 0.25) is 0 Å². The van der Waals surface area contributed by atoms with Crippen LogP contribution in [0.15, 0.2) is 54.6 Å². The van der Waals surface area contributed by atoms with E-state index in [1.54, 1.807) is 4.68 Å². The Hall–Kier alpha value is -2.55. The Kier molecular flexibility index (Phi) is 3.72. The smallest absolute Gasteiger partial charge is 0.218 e. The fourth-order valence-corrected chi connectivity index (χ4v) is 2.87. The van der Waals surface area contributed by atoms with Crippen LogP contribution in [0.4, 0.5) is 0 Å². The van der Waals surface area contributed by atoms with E-state index in [4.69, 9.17) is 5.10 Å². The molecular weight excluding hydrogens is 284 g/mol. The first-order valence-electron chi connectivity index (χ1n) is 7.83. The Morgan fingerprint density at radius 3 is 2.13 bits per heavy atom. The maximum atomic E-state index is 10.9. The summed E-state index contributed by atoms with van der Waals surface area (Å²) in [5.41, 5.74) is 4.48. The third-order valence-corrected chi connectivity index (χ3v) is 4.00. The van der Waals surface area contributed by atoms with Crippen molar-refractivity contribution in [2.75, 3.05) is 0 Å². The summed E-state index contributed by atoms with van der Waals surface area (Å²) < 4.78 is 1.65. The lowest BCUT2D eigenvalue weighted by Crippen LogP contribution is -2.12. The van der Waals surface area contributed by atoms with E-state index in [-0.39, 0.29) is 11.3 Å². The summed E-state index contributed by atoms with van der Waals surface area (Å²) in [6, 6.07) is 18.0. The number of nitrogens with zero attached hydrogens (tertiary/aromatic N) is 2. The van der Waals surface area contributed by atoms with E-state index in [9.17, 15) is 5.11 Å². The Balaban J connectivity index is 2.29. The number of aromatic hydroxyl groups is 1. The fourth-order valence-electron chi connectivity index (χ4n) is 2.87. The quantitative estimate of drug-likeness (QED) is 0.735. The molecule has 1 N–H and O–H groups in total. The summed E-state index contributed by atoms with van der Waals surface area (Å²) in [7, 11) is 0.